The summed E-state index contributed by atoms with van der Waals surface area (Å²) < 4.78 is 6.85. The van der Waals surface area contributed by atoms with E-state index in [1.165, 1.54) is 12.8 Å². The number of aryl methyl sites for hydroxylation is 1. The van der Waals surface area contributed by atoms with Gasteiger partial charge >= 0.3 is 5.97 Å². The fraction of sp³-hybridized carbons (Fsp3) is 0.500. The number of imidazole rings is 1. The molecule has 126 valence electrons. The second-order valence-corrected chi connectivity index (χ2v) is 6.92. The molecule has 6 nitrogen and oxygen atoms in total. The van der Waals surface area contributed by atoms with Crippen molar-refractivity contribution in [2.24, 2.45) is 5.41 Å². The molecule has 3 heterocycles. The monoisotopic (exact) mass is 326 g/mol. The van der Waals surface area contributed by atoms with Crippen molar-refractivity contribution in [3.8, 4) is 0 Å². The first-order valence-corrected chi connectivity index (χ1v) is 8.49. The second kappa shape index (κ2) is 5.61. The number of aromatic nitrogens is 3. The number of hydrogen-bond donors (Lipinski definition) is 0. The Morgan fingerprint density at radius 1 is 1.33 bits per heavy atom. The Bertz CT molecular complexity index is 771. The average Bonchev–Trinajstić information content (AvgIpc) is 3.20. The number of carbonyl (C=O) groups is 1. The van der Waals surface area contributed by atoms with E-state index in [4.69, 9.17) is 9.72 Å². The molecular formula is C18H22N4O2. The quantitative estimate of drug-likeness (QED) is 0.790. The van der Waals surface area contributed by atoms with Crippen molar-refractivity contribution in [3.05, 3.63) is 41.6 Å². The molecule has 0 N–H and O–H groups in total. The van der Waals surface area contributed by atoms with Crippen LogP contribution >= 0.6 is 0 Å². The van der Waals surface area contributed by atoms with Gasteiger partial charge in [0.15, 0.2) is 5.69 Å². The fourth-order valence-electron chi connectivity index (χ4n) is 3.29. The van der Waals surface area contributed by atoms with Gasteiger partial charge < -0.3 is 14.2 Å². The van der Waals surface area contributed by atoms with E-state index in [0.29, 0.717) is 24.3 Å². The molecule has 2 aromatic heterocycles. The van der Waals surface area contributed by atoms with E-state index in [2.05, 4.69) is 22.0 Å². The zero-order chi connectivity index (χ0) is 16.7. The van der Waals surface area contributed by atoms with Crippen LogP contribution in [0.4, 0.5) is 5.82 Å². The Labute approximate surface area is 141 Å². The van der Waals surface area contributed by atoms with Crippen LogP contribution in [0.1, 0.15) is 41.5 Å². The van der Waals surface area contributed by atoms with Gasteiger partial charge in [-0.3, -0.25) is 0 Å². The van der Waals surface area contributed by atoms with E-state index in [0.717, 1.165) is 30.2 Å². The van der Waals surface area contributed by atoms with Crippen LogP contribution in [-0.4, -0.2) is 40.2 Å². The summed E-state index contributed by atoms with van der Waals surface area (Å²) in [7, 11) is 0. The molecule has 6 heteroatoms. The normalized spacial score (nSPS) is 17.7. The number of pyridine rings is 1. The standard InChI is InChI=1S/C18H22N4O2/c1-3-24-17(23)15-9-21(12-19-15)8-14-4-5-16(20-13(14)2)22-10-18(11-22)6-7-18/h4-5,9,12H,3,6-8,10-11H2,1-2H3. The third-order valence-corrected chi connectivity index (χ3v) is 4.98. The van der Waals surface area contributed by atoms with Crippen LogP contribution in [-0.2, 0) is 11.3 Å². The number of esters is 1. The minimum Gasteiger partial charge on any atom is -0.461 e. The van der Waals surface area contributed by atoms with Crippen molar-refractivity contribution >= 4 is 11.8 Å². The maximum Gasteiger partial charge on any atom is 0.358 e. The Kier molecular flexibility index (Phi) is 3.55. The molecule has 0 unspecified atom stereocenters. The number of hydrogen-bond acceptors (Lipinski definition) is 5. The Balaban J connectivity index is 1.44. The zero-order valence-corrected chi connectivity index (χ0v) is 14.2. The Morgan fingerprint density at radius 3 is 2.79 bits per heavy atom. The lowest BCUT2D eigenvalue weighted by molar-refractivity contribution is 0.0520. The summed E-state index contributed by atoms with van der Waals surface area (Å²) in [4.78, 5) is 22.9. The van der Waals surface area contributed by atoms with Crippen LogP contribution < -0.4 is 4.90 Å². The van der Waals surface area contributed by atoms with Gasteiger partial charge in [-0.15, -0.1) is 0 Å². The summed E-state index contributed by atoms with van der Waals surface area (Å²) >= 11 is 0. The van der Waals surface area contributed by atoms with Gasteiger partial charge in [-0.1, -0.05) is 6.07 Å². The van der Waals surface area contributed by atoms with Gasteiger partial charge in [0.1, 0.15) is 5.82 Å². The van der Waals surface area contributed by atoms with Crippen LogP contribution in [0.5, 0.6) is 0 Å². The molecule has 2 aliphatic rings. The lowest BCUT2D eigenvalue weighted by Crippen LogP contribution is -2.48. The largest absolute Gasteiger partial charge is 0.461 e. The van der Waals surface area contributed by atoms with Gasteiger partial charge in [0.25, 0.3) is 0 Å². The smallest absolute Gasteiger partial charge is 0.358 e. The highest BCUT2D eigenvalue weighted by Crippen LogP contribution is 2.53. The van der Waals surface area contributed by atoms with E-state index >= 15 is 0 Å². The van der Waals surface area contributed by atoms with Crippen molar-refractivity contribution in [1.29, 1.82) is 0 Å². The molecule has 1 saturated heterocycles. The average molecular weight is 326 g/mol. The lowest BCUT2D eigenvalue weighted by Gasteiger charge is -2.41. The summed E-state index contributed by atoms with van der Waals surface area (Å²) in [6, 6.07) is 4.22. The third-order valence-electron chi connectivity index (χ3n) is 4.98. The highest BCUT2D eigenvalue weighted by Gasteiger charge is 2.52. The number of anilines is 1. The number of carbonyl (C=O) groups excluding carboxylic acids is 1. The molecule has 0 radical (unpaired) electrons. The molecule has 0 atom stereocenters. The molecule has 0 bridgehead atoms. The van der Waals surface area contributed by atoms with Gasteiger partial charge in [-0.2, -0.15) is 0 Å². The van der Waals surface area contributed by atoms with Crippen molar-refractivity contribution in [1.82, 2.24) is 14.5 Å². The molecule has 24 heavy (non-hydrogen) atoms. The van der Waals surface area contributed by atoms with E-state index < -0.39 is 0 Å². The minimum absolute atomic E-state index is 0.342. The lowest BCUT2D eigenvalue weighted by atomic mass is 9.97. The molecule has 2 aromatic rings. The first-order chi connectivity index (χ1) is 11.6. The number of ether oxygens (including phenoxy) is 1. The molecular weight excluding hydrogens is 304 g/mol. The summed E-state index contributed by atoms with van der Waals surface area (Å²) in [6.07, 6.45) is 6.14. The first kappa shape index (κ1) is 15.2. The molecule has 0 aromatic carbocycles. The zero-order valence-electron chi connectivity index (χ0n) is 14.2. The predicted octanol–water partition coefficient (Wildman–Crippen LogP) is 2.41. The van der Waals surface area contributed by atoms with Gasteiger partial charge in [-0.05, 0) is 38.3 Å². The van der Waals surface area contributed by atoms with Crippen LogP contribution in [0, 0.1) is 12.3 Å². The van der Waals surface area contributed by atoms with Crippen molar-refractivity contribution in [3.63, 3.8) is 0 Å². The molecule has 1 aliphatic heterocycles. The second-order valence-electron chi connectivity index (χ2n) is 6.92. The molecule has 0 amide bonds. The van der Waals surface area contributed by atoms with Gasteiger partial charge in [0.05, 0.1) is 19.5 Å². The summed E-state index contributed by atoms with van der Waals surface area (Å²) in [5, 5.41) is 0. The summed E-state index contributed by atoms with van der Waals surface area (Å²) in [6.45, 7) is 7.14. The van der Waals surface area contributed by atoms with Crippen molar-refractivity contribution in [2.45, 2.75) is 33.2 Å². The van der Waals surface area contributed by atoms with Crippen molar-refractivity contribution in [2.75, 3.05) is 24.6 Å². The molecule has 1 spiro atoms. The van der Waals surface area contributed by atoms with E-state index in [1.807, 2.05) is 11.5 Å². The van der Waals surface area contributed by atoms with Gasteiger partial charge in [0, 0.05) is 30.4 Å². The summed E-state index contributed by atoms with van der Waals surface area (Å²) in [5.74, 6) is 0.694. The topological polar surface area (TPSA) is 60.2 Å². The first-order valence-electron chi connectivity index (χ1n) is 8.49. The van der Waals surface area contributed by atoms with Crippen LogP contribution in [0.2, 0.25) is 0 Å². The number of nitrogens with zero attached hydrogens (tertiary/aromatic N) is 4. The van der Waals surface area contributed by atoms with Crippen LogP contribution in [0.15, 0.2) is 24.7 Å². The van der Waals surface area contributed by atoms with Gasteiger partial charge in [0.2, 0.25) is 0 Å². The SMILES string of the molecule is CCOC(=O)c1cn(Cc2ccc(N3CC4(CC4)C3)nc2C)cn1. The molecule has 2 fully saturated rings. The van der Waals surface area contributed by atoms with Gasteiger partial charge in [-0.25, -0.2) is 14.8 Å². The molecule has 4 rings (SSSR count). The Hall–Kier alpha value is -2.37. The van der Waals surface area contributed by atoms with Crippen molar-refractivity contribution < 1.29 is 9.53 Å². The molecule has 1 aliphatic carbocycles. The Morgan fingerprint density at radius 2 is 2.12 bits per heavy atom. The van der Waals surface area contributed by atoms with E-state index in [1.54, 1.807) is 19.4 Å². The maximum atomic E-state index is 11.7. The number of rotatable bonds is 5. The van der Waals surface area contributed by atoms with Crippen LogP contribution in [0.3, 0.4) is 0 Å². The fourth-order valence-corrected chi connectivity index (χ4v) is 3.29. The highest BCUT2D eigenvalue weighted by atomic mass is 16.5. The molecule has 1 saturated carbocycles. The minimum atomic E-state index is -0.381. The highest BCUT2D eigenvalue weighted by molar-refractivity contribution is 5.86. The van der Waals surface area contributed by atoms with Crippen LogP contribution in [0.25, 0.3) is 0 Å². The summed E-state index contributed by atoms with van der Waals surface area (Å²) in [5.41, 5.74) is 3.13. The predicted molar refractivity (Wildman–Crippen MR) is 90.1 cm³/mol. The third kappa shape index (κ3) is 2.77. The van der Waals surface area contributed by atoms with E-state index in [9.17, 15) is 4.79 Å². The maximum absolute atomic E-state index is 11.7. The van der Waals surface area contributed by atoms with E-state index in [-0.39, 0.29) is 5.97 Å².